The minimum atomic E-state index is -0.932. The number of aryl methyl sites for hydroxylation is 2. The molecule has 0 fully saturated rings. The van der Waals surface area contributed by atoms with E-state index in [1.807, 2.05) is 57.2 Å². The van der Waals surface area contributed by atoms with Crippen LogP contribution in [0.4, 0.5) is 0 Å². The third-order valence-electron chi connectivity index (χ3n) is 4.50. The SMILES string of the molecule is COc1ccc(-c2nc3c(C)c(C)ccc3c(C(=O)O)c2C)cc1. The summed E-state index contributed by atoms with van der Waals surface area (Å²) in [4.78, 5) is 16.7. The number of rotatable bonds is 3. The zero-order valence-corrected chi connectivity index (χ0v) is 14.2. The minimum Gasteiger partial charge on any atom is -0.497 e. The third-order valence-corrected chi connectivity index (χ3v) is 4.50. The average Bonchev–Trinajstić information content (AvgIpc) is 2.57. The molecule has 0 atom stereocenters. The Balaban J connectivity index is 2.37. The summed E-state index contributed by atoms with van der Waals surface area (Å²) in [7, 11) is 1.61. The van der Waals surface area contributed by atoms with E-state index < -0.39 is 5.97 Å². The number of pyridine rings is 1. The predicted molar refractivity (Wildman–Crippen MR) is 94.9 cm³/mol. The average molecular weight is 321 g/mol. The van der Waals surface area contributed by atoms with Crippen molar-refractivity contribution in [3.05, 3.63) is 58.7 Å². The first-order valence-corrected chi connectivity index (χ1v) is 7.72. The fraction of sp³-hybridized carbons (Fsp3) is 0.200. The lowest BCUT2D eigenvalue weighted by molar-refractivity contribution is 0.0698. The van der Waals surface area contributed by atoms with Gasteiger partial charge >= 0.3 is 5.97 Å². The van der Waals surface area contributed by atoms with Crippen LogP contribution in [-0.2, 0) is 0 Å². The first kappa shape index (κ1) is 16.0. The van der Waals surface area contributed by atoms with E-state index in [1.165, 1.54) is 0 Å². The maximum atomic E-state index is 11.9. The molecule has 0 aliphatic carbocycles. The Morgan fingerprint density at radius 2 is 1.67 bits per heavy atom. The van der Waals surface area contributed by atoms with Crippen molar-refractivity contribution in [2.24, 2.45) is 0 Å². The molecule has 0 aliphatic heterocycles. The van der Waals surface area contributed by atoms with Gasteiger partial charge in [-0.15, -0.1) is 0 Å². The molecule has 1 heterocycles. The number of methoxy groups -OCH3 is 1. The van der Waals surface area contributed by atoms with Crippen LogP contribution < -0.4 is 4.74 Å². The van der Waals surface area contributed by atoms with E-state index >= 15 is 0 Å². The zero-order valence-electron chi connectivity index (χ0n) is 14.2. The lowest BCUT2D eigenvalue weighted by Crippen LogP contribution is -2.06. The molecule has 4 heteroatoms. The van der Waals surface area contributed by atoms with E-state index in [2.05, 4.69) is 0 Å². The number of fused-ring (bicyclic) bond motifs is 1. The van der Waals surface area contributed by atoms with Crippen LogP contribution in [0.25, 0.3) is 22.2 Å². The van der Waals surface area contributed by atoms with E-state index in [0.29, 0.717) is 22.2 Å². The molecular formula is C20H19NO3. The van der Waals surface area contributed by atoms with Crippen LogP contribution in [0.2, 0.25) is 0 Å². The first-order valence-electron chi connectivity index (χ1n) is 7.72. The summed E-state index contributed by atoms with van der Waals surface area (Å²) in [6.45, 7) is 5.79. The van der Waals surface area contributed by atoms with Gasteiger partial charge in [0.25, 0.3) is 0 Å². The molecule has 1 aromatic heterocycles. The van der Waals surface area contributed by atoms with Crippen LogP contribution in [0.1, 0.15) is 27.0 Å². The standard InChI is InChI=1S/C20H19NO3/c1-11-5-10-16-17(20(22)23)13(3)18(21-19(16)12(11)2)14-6-8-15(24-4)9-7-14/h5-10H,1-4H3,(H,22,23). The summed E-state index contributed by atoms with van der Waals surface area (Å²) in [6, 6.07) is 11.3. The third kappa shape index (κ3) is 2.50. The molecule has 0 saturated heterocycles. The molecule has 0 amide bonds. The molecule has 1 N–H and O–H groups in total. The van der Waals surface area contributed by atoms with Crippen molar-refractivity contribution < 1.29 is 14.6 Å². The molecule has 4 nitrogen and oxygen atoms in total. The molecule has 0 radical (unpaired) electrons. The van der Waals surface area contributed by atoms with Gasteiger partial charge in [0, 0.05) is 10.9 Å². The maximum absolute atomic E-state index is 11.9. The van der Waals surface area contributed by atoms with Crippen LogP contribution >= 0.6 is 0 Å². The molecule has 0 unspecified atom stereocenters. The zero-order chi connectivity index (χ0) is 17.4. The second-order valence-electron chi connectivity index (χ2n) is 5.90. The fourth-order valence-corrected chi connectivity index (χ4v) is 2.97. The number of aromatic carboxylic acids is 1. The van der Waals surface area contributed by atoms with Crippen molar-refractivity contribution in [3.8, 4) is 17.0 Å². The van der Waals surface area contributed by atoms with Gasteiger partial charge in [0.2, 0.25) is 0 Å². The molecule has 24 heavy (non-hydrogen) atoms. The van der Waals surface area contributed by atoms with E-state index in [9.17, 15) is 9.90 Å². The van der Waals surface area contributed by atoms with Crippen LogP contribution in [0.15, 0.2) is 36.4 Å². The molecular weight excluding hydrogens is 302 g/mol. The summed E-state index contributed by atoms with van der Waals surface area (Å²) in [6.07, 6.45) is 0. The molecule has 3 aromatic rings. The van der Waals surface area contributed by atoms with Gasteiger partial charge in [-0.1, -0.05) is 12.1 Å². The monoisotopic (exact) mass is 321 g/mol. The van der Waals surface area contributed by atoms with Crippen LogP contribution in [0.5, 0.6) is 5.75 Å². The highest BCUT2D eigenvalue weighted by molar-refractivity contribution is 6.06. The van der Waals surface area contributed by atoms with E-state index in [1.54, 1.807) is 7.11 Å². The Hall–Kier alpha value is -2.88. The second-order valence-corrected chi connectivity index (χ2v) is 5.90. The van der Waals surface area contributed by atoms with E-state index in [-0.39, 0.29) is 0 Å². The molecule has 3 rings (SSSR count). The quantitative estimate of drug-likeness (QED) is 0.769. The Bertz CT molecular complexity index is 943. The maximum Gasteiger partial charge on any atom is 0.336 e. The first-order chi connectivity index (χ1) is 11.4. The number of aromatic nitrogens is 1. The number of benzene rings is 2. The van der Waals surface area contributed by atoms with Crippen molar-refractivity contribution in [2.45, 2.75) is 20.8 Å². The number of carbonyl (C=O) groups is 1. The van der Waals surface area contributed by atoms with Gasteiger partial charge in [-0.2, -0.15) is 0 Å². The van der Waals surface area contributed by atoms with Gasteiger partial charge in [0.05, 0.1) is 23.9 Å². The molecule has 0 spiro atoms. The highest BCUT2D eigenvalue weighted by Gasteiger charge is 2.19. The lowest BCUT2D eigenvalue weighted by atomic mass is 9.95. The number of hydrogen-bond donors (Lipinski definition) is 1. The number of carboxylic acids is 1. The van der Waals surface area contributed by atoms with Crippen LogP contribution in [0.3, 0.4) is 0 Å². The van der Waals surface area contributed by atoms with Crippen LogP contribution in [0, 0.1) is 20.8 Å². The van der Waals surface area contributed by atoms with Crippen molar-refractivity contribution in [2.75, 3.05) is 7.11 Å². The van der Waals surface area contributed by atoms with Crippen molar-refractivity contribution in [1.29, 1.82) is 0 Å². The Morgan fingerprint density at radius 1 is 1.00 bits per heavy atom. The predicted octanol–water partition coefficient (Wildman–Crippen LogP) is 4.53. The molecule has 0 saturated carbocycles. The summed E-state index contributed by atoms with van der Waals surface area (Å²) in [5.74, 6) is -0.180. The number of carboxylic acid groups (broad SMARTS) is 1. The van der Waals surface area contributed by atoms with Crippen molar-refractivity contribution in [3.63, 3.8) is 0 Å². The Kier molecular flexibility index (Phi) is 3.97. The normalized spacial score (nSPS) is 10.8. The smallest absolute Gasteiger partial charge is 0.336 e. The van der Waals surface area contributed by atoms with E-state index in [0.717, 1.165) is 28.0 Å². The van der Waals surface area contributed by atoms with Gasteiger partial charge in [-0.25, -0.2) is 9.78 Å². The summed E-state index contributed by atoms with van der Waals surface area (Å²) < 4.78 is 5.19. The topological polar surface area (TPSA) is 59.4 Å². The Labute approximate surface area is 140 Å². The fourth-order valence-electron chi connectivity index (χ4n) is 2.97. The number of ether oxygens (including phenoxy) is 1. The van der Waals surface area contributed by atoms with Gasteiger partial charge < -0.3 is 9.84 Å². The summed E-state index contributed by atoms with van der Waals surface area (Å²) >= 11 is 0. The van der Waals surface area contributed by atoms with Gasteiger partial charge in [-0.3, -0.25) is 0 Å². The van der Waals surface area contributed by atoms with Gasteiger partial charge in [0.15, 0.2) is 0 Å². The molecule has 2 aromatic carbocycles. The Morgan fingerprint density at radius 3 is 2.25 bits per heavy atom. The second kappa shape index (κ2) is 5.96. The van der Waals surface area contributed by atoms with Crippen LogP contribution in [-0.4, -0.2) is 23.2 Å². The number of hydrogen-bond acceptors (Lipinski definition) is 3. The largest absolute Gasteiger partial charge is 0.497 e. The molecule has 0 bridgehead atoms. The van der Waals surface area contributed by atoms with Gasteiger partial charge in [0.1, 0.15) is 5.75 Å². The molecule has 122 valence electrons. The minimum absolute atomic E-state index is 0.314. The highest BCUT2D eigenvalue weighted by atomic mass is 16.5. The van der Waals surface area contributed by atoms with Crippen molar-refractivity contribution in [1.82, 2.24) is 4.98 Å². The lowest BCUT2D eigenvalue weighted by Gasteiger charge is -2.14. The van der Waals surface area contributed by atoms with Gasteiger partial charge in [-0.05, 0) is 61.7 Å². The summed E-state index contributed by atoms with van der Waals surface area (Å²) in [5, 5.41) is 10.4. The summed E-state index contributed by atoms with van der Waals surface area (Å²) in [5.41, 5.74) is 5.39. The molecule has 0 aliphatic rings. The van der Waals surface area contributed by atoms with Crippen molar-refractivity contribution >= 4 is 16.9 Å². The highest BCUT2D eigenvalue weighted by Crippen LogP contribution is 2.32. The van der Waals surface area contributed by atoms with E-state index in [4.69, 9.17) is 9.72 Å². The number of nitrogens with zero attached hydrogens (tertiary/aromatic N) is 1.